The molecule has 116 valence electrons. The Morgan fingerprint density at radius 3 is 2.00 bits per heavy atom. The topological polar surface area (TPSA) is 72.6 Å². The molecule has 5 nitrogen and oxygen atoms in total. The third kappa shape index (κ3) is 3.33. The molecule has 0 saturated carbocycles. The van der Waals surface area contributed by atoms with E-state index in [1.807, 2.05) is 32.9 Å². The first-order chi connectivity index (χ1) is 10.2. The Balaban J connectivity index is 2.54. The number of nitro benzene ring substituents is 1. The normalized spacial score (nSPS) is 13.5. The molecule has 0 aliphatic carbocycles. The highest BCUT2D eigenvalue weighted by atomic mass is 32.2. The van der Waals surface area contributed by atoms with Crippen molar-refractivity contribution in [3.05, 3.63) is 63.2 Å². The van der Waals surface area contributed by atoms with Crippen LogP contribution in [-0.4, -0.2) is 15.4 Å². The molecular weight excluding hydrogens is 300 g/mol. The number of nitro groups is 1. The molecule has 0 heterocycles. The van der Waals surface area contributed by atoms with Crippen LogP contribution in [0.3, 0.4) is 0 Å². The van der Waals surface area contributed by atoms with Crippen LogP contribution in [0.4, 0.5) is 11.4 Å². The highest BCUT2D eigenvalue weighted by Crippen LogP contribution is 2.28. The first-order valence-corrected chi connectivity index (χ1v) is 8.67. The monoisotopic (exact) mass is 318 g/mol. The number of benzene rings is 2. The SMILES string of the molecule is Cc1cc(C)c(N=S(C)(=O)c2ccc([N+](=O)[O-])cc2)c(C)c1. The van der Waals surface area contributed by atoms with Crippen LogP contribution in [0.2, 0.25) is 0 Å². The van der Waals surface area contributed by atoms with Crippen LogP contribution in [0.1, 0.15) is 16.7 Å². The number of aryl methyl sites for hydroxylation is 3. The lowest BCUT2D eigenvalue weighted by Crippen LogP contribution is -1.98. The fourth-order valence-corrected chi connectivity index (χ4v) is 3.75. The molecule has 0 fully saturated rings. The molecule has 2 rings (SSSR count). The average molecular weight is 318 g/mol. The lowest BCUT2D eigenvalue weighted by atomic mass is 10.1. The molecule has 6 heteroatoms. The molecule has 0 aromatic heterocycles. The highest BCUT2D eigenvalue weighted by molar-refractivity contribution is 7.93. The van der Waals surface area contributed by atoms with Crippen molar-refractivity contribution in [1.82, 2.24) is 0 Å². The zero-order chi connectivity index (χ0) is 16.5. The summed E-state index contributed by atoms with van der Waals surface area (Å²) in [6.07, 6.45) is 1.55. The first kappa shape index (κ1) is 16.2. The minimum Gasteiger partial charge on any atom is -0.258 e. The fraction of sp³-hybridized carbons (Fsp3) is 0.250. The van der Waals surface area contributed by atoms with Crippen molar-refractivity contribution in [3.8, 4) is 0 Å². The number of non-ortho nitro benzene ring substituents is 1. The van der Waals surface area contributed by atoms with Gasteiger partial charge in [0, 0.05) is 23.3 Å². The standard InChI is InChI=1S/C16H18N2O3S/c1-11-9-12(2)16(13(3)10-11)17-22(4,21)15-7-5-14(6-8-15)18(19)20/h5-10H,1-4H3. The lowest BCUT2D eigenvalue weighted by molar-refractivity contribution is -0.384. The lowest BCUT2D eigenvalue weighted by Gasteiger charge is -2.10. The largest absolute Gasteiger partial charge is 0.269 e. The second kappa shape index (κ2) is 5.88. The van der Waals surface area contributed by atoms with Gasteiger partial charge in [0.1, 0.15) is 0 Å². The van der Waals surface area contributed by atoms with E-state index in [4.69, 9.17) is 0 Å². The van der Waals surface area contributed by atoms with Gasteiger partial charge < -0.3 is 0 Å². The predicted molar refractivity (Wildman–Crippen MR) is 88.2 cm³/mol. The maximum absolute atomic E-state index is 12.9. The van der Waals surface area contributed by atoms with Gasteiger partial charge in [0.25, 0.3) is 5.69 Å². The zero-order valence-electron chi connectivity index (χ0n) is 13.0. The van der Waals surface area contributed by atoms with Gasteiger partial charge in [0.05, 0.1) is 20.3 Å². The third-order valence-corrected chi connectivity index (χ3v) is 5.06. The molecule has 0 radical (unpaired) electrons. The quantitative estimate of drug-likeness (QED) is 0.625. The smallest absolute Gasteiger partial charge is 0.258 e. The maximum atomic E-state index is 12.9. The summed E-state index contributed by atoms with van der Waals surface area (Å²) >= 11 is 0. The van der Waals surface area contributed by atoms with Crippen molar-refractivity contribution in [2.45, 2.75) is 25.7 Å². The Morgan fingerprint density at radius 2 is 1.55 bits per heavy atom. The van der Waals surface area contributed by atoms with E-state index in [0.717, 1.165) is 22.4 Å². The Labute approximate surface area is 130 Å². The van der Waals surface area contributed by atoms with Gasteiger partial charge in [-0.3, -0.25) is 10.1 Å². The molecule has 0 N–H and O–H groups in total. The summed E-state index contributed by atoms with van der Waals surface area (Å²) in [5.41, 5.74) is 3.76. The van der Waals surface area contributed by atoms with Gasteiger partial charge >= 0.3 is 0 Å². The summed E-state index contributed by atoms with van der Waals surface area (Å²) in [6, 6.07) is 9.70. The Morgan fingerprint density at radius 1 is 1.05 bits per heavy atom. The molecule has 0 amide bonds. The number of hydrogen-bond donors (Lipinski definition) is 0. The third-order valence-electron chi connectivity index (χ3n) is 3.39. The van der Waals surface area contributed by atoms with Crippen LogP contribution >= 0.6 is 0 Å². The summed E-state index contributed by atoms with van der Waals surface area (Å²) in [4.78, 5) is 10.7. The van der Waals surface area contributed by atoms with Gasteiger partial charge in [-0.15, -0.1) is 0 Å². The van der Waals surface area contributed by atoms with Gasteiger partial charge in [-0.2, -0.15) is 4.36 Å². The van der Waals surface area contributed by atoms with E-state index in [2.05, 4.69) is 4.36 Å². The van der Waals surface area contributed by atoms with E-state index >= 15 is 0 Å². The molecule has 0 saturated heterocycles. The summed E-state index contributed by atoms with van der Waals surface area (Å²) in [5, 5.41) is 10.7. The fourth-order valence-electron chi connectivity index (χ4n) is 2.36. The van der Waals surface area contributed by atoms with E-state index in [0.29, 0.717) is 4.90 Å². The minimum absolute atomic E-state index is 0.0263. The Bertz CT molecular complexity index is 825. The zero-order valence-corrected chi connectivity index (χ0v) is 13.8. The molecule has 1 atom stereocenters. The average Bonchev–Trinajstić information content (AvgIpc) is 2.43. The van der Waals surface area contributed by atoms with Crippen molar-refractivity contribution in [1.29, 1.82) is 0 Å². The van der Waals surface area contributed by atoms with Crippen LogP contribution in [0, 0.1) is 30.9 Å². The van der Waals surface area contributed by atoms with Gasteiger partial charge in [0.2, 0.25) is 0 Å². The minimum atomic E-state index is -2.66. The predicted octanol–water partition coefficient (Wildman–Crippen LogP) is 4.31. The summed E-state index contributed by atoms with van der Waals surface area (Å²) in [5.74, 6) is 0. The van der Waals surface area contributed by atoms with Crippen molar-refractivity contribution >= 4 is 21.1 Å². The van der Waals surface area contributed by atoms with E-state index in [9.17, 15) is 14.3 Å². The second-order valence-electron chi connectivity index (χ2n) is 5.39. The first-order valence-electron chi connectivity index (χ1n) is 6.75. The number of rotatable bonds is 3. The van der Waals surface area contributed by atoms with Crippen molar-refractivity contribution in [2.75, 3.05) is 6.26 Å². The molecule has 22 heavy (non-hydrogen) atoms. The number of hydrogen-bond acceptors (Lipinski definition) is 4. The summed E-state index contributed by atoms with van der Waals surface area (Å²) in [6.45, 7) is 5.87. The van der Waals surface area contributed by atoms with Crippen LogP contribution in [0.15, 0.2) is 45.7 Å². The highest BCUT2D eigenvalue weighted by Gasteiger charge is 2.12. The van der Waals surface area contributed by atoms with Crippen molar-refractivity contribution in [2.24, 2.45) is 4.36 Å². The Kier molecular flexibility index (Phi) is 4.32. The van der Waals surface area contributed by atoms with Crippen LogP contribution < -0.4 is 0 Å². The van der Waals surface area contributed by atoms with Gasteiger partial charge in [-0.1, -0.05) is 17.7 Å². The van der Waals surface area contributed by atoms with E-state index < -0.39 is 14.7 Å². The number of nitrogens with zero attached hydrogens (tertiary/aromatic N) is 2. The molecule has 1 unspecified atom stereocenters. The van der Waals surface area contributed by atoms with Crippen LogP contribution in [0.25, 0.3) is 0 Å². The van der Waals surface area contributed by atoms with Gasteiger partial charge in [-0.05, 0) is 44.0 Å². The van der Waals surface area contributed by atoms with Crippen LogP contribution in [0.5, 0.6) is 0 Å². The molecule has 2 aromatic rings. The molecule has 2 aromatic carbocycles. The molecule has 0 bridgehead atoms. The molecule has 0 aliphatic rings. The van der Waals surface area contributed by atoms with E-state index in [1.54, 1.807) is 6.26 Å². The van der Waals surface area contributed by atoms with E-state index in [-0.39, 0.29) is 5.69 Å². The Hall–Kier alpha value is -2.21. The van der Waals surface area contributed by atoms with Crippen molar-refractivity contribution in [3.63, 3.8) is 0 Å². The van der Waals surface area contributed by atoms with E-state index in [1.165, 1.54) is 24.3 Å². The summed E-state index contributed by atoms with van der Waals surface area (Å²) < 4.78 is 17.3. The van der Waals surface area contributed by atoms with Crippen molar-refractivity contribution < 1.29 is 9.13 Å². The summed E-state index contributed by atoms with van der Waals surface area (Å²) in [7, 11) is -2.66. The van der Waals surface area contributed by atoms with Crippen LogP contribution in [-0.2, 0) is 9.73 Å². The maximum Gasteiger partial charge on any atom is 0.269 e. The molecule has 0 aliphatic heterocycles. The second-order valence-corrected chi connectivity index (χ2v) is 7.65. The van der Waals surface area contributed by atoms with Gasteiger partial charge in [-0.25, -0.2) is 4.21 Å². The molecular formula is C16H18N2O3S. The molecule has 0 spiro atoms. The van der Waals surface area contributed by atoms with Gasteiger partial charge in [0.15, 0.2) is 0 Å².